The van der Waals surface area contributed by atoms with E-state index in [1.54, 1.807) is 48.0 Å². The molecule has 1 aromatic carbocycles. The van der Waals surface area contributed by atoms with Gasteiger partial charge in [-0.3, -0.25) is 0 Å². The number of rotatable bonds is 6. The maximum Gasteiger partial charge on any atom is 0.240 e. The van der Waals surface area contributed by atoms with E-state index in [1.165, 1.54) is 21.6 Å². The van der Waals surface area contributed by atoms with Crippen molar-refractivity contribution in [2.45, 2.75) is 38.1 Å². The third-order valence-electron chi connectivity index (χ3n) is 4.14. The van der Waals surface area contributed by atoms with Gasteiger partial charge in [0.25, 0.3) is 0 Å². The summed E-state index contributed by atoms with van der Waals surface area (Å²) >= 11 is 1.72. The van der Waals surface area contributed by atoms with Crippen molar-refractivity contribution < 1.29 is 8.42 Å². The molecule has 0 fully saturated rings. The van der Waals surface area contributed by atoms with Crippen molar-refractivity contribution in [3.8, 4) is 11.1 Å². The summed E-state index contributed by atoms with van der Waals surface area (Å²) in [5.74, 6) is 0. The van der Waals surface area contributed by atoms with Crippen molar-refractivity contribution in [2.24, 2.45) is 0 Å². The van der Waals surface area contributed by atoms with Crippen LogP contribution in [-0.2, 0) is 16.4 Å². The number of hydrogen-bond donors (Lipinski definition) is 1. The molecule has 0 aliphatic carbocycles. The van der Waals surface area contributed by atoms with E-state index in [2.05, 4.69) is 34.6 Å². The van der Waals surface area contributed by atoms with Crippen LogP contribution in [0, 0.1) is 13.8 Å². The van der Waals surface area contributed by atoms with E-state index in [0.29, 0.717) is 6.42 Å². The first kappa shape index (κ1) is 18.7. The normalized spacial score (nSPS) is 12.9. The van der Waals surface area contributed by atoms with E-state index < -0.39 is 10.0 Å². The first-order valence-electron chi connectivity index (χ1n) is 8.29. The zero-order valence-electron chi connectivity index (χ0n) is 14.9. The van der Waals surface area contributed by atoms with E-state index in [9.17, 15) is 8.42 Å². The highest BCUT2D eigenvalue weighted by Crippen LogP contribution is 2.23. The quantitative estimate of drug-likeness (QED) is 0.699. The lowest BCUT2D eigenvalue weighted by molar-refractivity contribution is 0.561. The number of aryl methyl sites for hydroxylation is 2. The van der Waals surface area contributed by atoms with Crippen molar-refractivity contribution in [2.75, 3.05) is 0 Å². The number of thiophene rings is 1. The number of nitrogens with zero attached hydrogens (tertiary/aromatic N) is 2. The molecule has 2 heterocycles. The van der Waals surface area contributed by atoms with E-state index in [4.69, 9.17) is 0 Å². The Hall–Kier alpha value is -2.09. The number of hydrogen-bond acceptors (Lipinski definition) is 5. The zero-order valence-corrected chi connectivity index (χ0v) is 16.6. The molecule has 26 heavy (non-hydrogen) atoms. The minimum atomic E-state index is -3.56. The topological polar surface area (TPSA) is 72.0 Å². The Kier molecular flexibility index (Phi) is 5.50. The molecule has 0 saturated heterocycles. The predicted octanol–water partition coefficient (Wildman–Crippen LogP) is 3.73. The van der Waals surface area contributed by atoms with Crippen LogP contribution in [-0.4, -0.2) is 24.4 Å². The maximum absolute atomic E-state index is 12.6. The molecule has 0 spiro atoms. The second kappa shape index (κ2) is 7.65. The number of nitrogens with one attached hydrogen (secondary N) is 1. The van der Waals surface area contributed by atoms with Crippen LogP contribution in [0.25, 0.3) is 11.1 Å². The number of benzene rings is 1. The molecule has 7 heteroatoms. The number of sulfonamides is 1. The first-order valence-corrected chi connectivity index (χ1v) is 10.6. The van der Waals surface area contributed by atoms with Gasteiger partial charge in [0.2, 0.25) is 10.0 Å². The van der Waals surface area contributed by atoms with Gasteiger partial charge in [0.15, 0.2) is 0 Å². The molecule has 3 rings (SSSR count). The molecular formula is C19H21N3O2S2. The second-order valence-corrected chi connectivity index (χ2v) is 9.38. The molecule has 3 aromatic rings. The fourth-order valence-corrected chi connectivity index (χ4v) is 5.13. The minimum absolute atomic E-state index is 0.181. The highest BCUT2D eigenvalue weighted by Gasteiger charge is 2.18. The third kappa shape index (κ3) is 4.35. The molecule has 1 atom stereocenters. The Bertz CT molecular complexity index is 962. The van der Waals surface area contributed by atoms with Crippen molar-refractivity contribution >= 4 is 21.4 Å². The molecule has 0 radical (unpaired) electrons. The van der Waals surface area contributed by atoms with Gasteiger partial charge in [-0.05, 0) is 56.5 Å². The summed E-state index contributed by atoms with van der Waals surface area (Å²) in [6.07, 6.45) is 5.53. The van der Waals surface area contributed by atoms with Crippen LogP contribution in [0.3, 0.4) is 0 Å². The van der Waals surface area contributed by atoms with Crippen LogP contribution in [0.5, 0.6) is 0 Å². The van der Waals surface area contributed by atoms with Gasteiger partial charge in [0, 0.05) is 33.8 Å². The highest BCUT2D eigenvalue weighted by atomic mass is 32.2. The molecule has 1 unspecified atom stereocenters. The van der Waals surface area contributed by atoms with Crippen molar-refractivity contribution in [1.82, 2.24) is 14.7 Å². The molecule has 2 aromatic heterocycles. The van der Waals surface area contributed by atoms with Gasteiger partial charge in [-0.1, -0.05) is 12.1 Å². The zero-order chi connectivity index (χ0) is 18.7. The van der Waals surface area contributed by atoms with E-state index in [1.807, 2.05) is 6.92 Å². The summed E-state index contributed by atoms with van der Waals surface area (Å²) in [4.78, 5) is 10.7. The molecular weight excluding hydrogens is 366 g/mol. The molecule has 5 nitrogen and oxygen atoms in total. The highest BCUT2D eigenvalue weighted by molar-refractivity contribution is 7.89. The fraction of sp³-hybridized carbons (Fsp3) is 0.263. The molecule has 0 amide bonds. The third-order valence-corrected chi connectivity index (χ3v) is 6.92. The Labute approximate surface area is 158 Å². The van der Waals surface area contributed by atoms with Crippen molar-refractivity contribution in [1.29, 1.82) is 0 Å². The monoisotopic (exact) mass is 387 g/mol. The standard InChI is InChI=1S/C19H21N3O2S2/c1-13-8-18(25-15(13)3)9-14(2)22-26(23,24)19-6-4-16(5-7-19)17-10-20-12-21-11-17/h4-8,10-12,14,22H,9H2,1-3H3. The molecule has 136 valence electrons. The van der Waals surface area contributed by atoms with E-state index in [-0.39, 0.29) is 10.9 Å². The smallest absolute Gasteiger partial charge is 0.240 e. The van der Waals surface area contributed by atoms with Crippen LogP contribution >= 0.6 is 11.3 Å². The van der Waals surface area contributed by atoms with Gasteiger partial charge >= 0.3 is 0 Å². The summed E-state index contributed by atoms with van der Waals surface area (Å²) in [7, 11) is -3.56. The Morgan fingerprint density at radius 3 is 2.31 bits per heavy atom. The van der Waals surface area contributed by atoms with Gasteiger partial charge < -0.3 is 0 Å². The summed E-state index contributed by atoms with van der Waals surface area (Å²) in [5, 5.41) is 0. The van der Waals surface area contributed by atoms with Gasteiger partial charge in [-0.15, -0.1) is 11.3 Å². The minimum Gasteiger partial charge on any atom is -0.244 e. The fourth-order valence-electron chi connectivity index (χ4n) is 2.70. The van der Waals surface area contributed by atoms with Gasteiger partial charge in [0.05, 0.1) is 4.90 Å². The lowest BCUT2D eigenvalue weighted by atomic mass is 10.1. The lowest BCUT2D eigenvalue weighted by Gasteiger charge is -2.14. The summed E-state index contributed by atoms with van der Waals surface area (Å²) in [6, 6.07) is 8.70. The Morgan fingerprint density at radius 2 is 1.73 bits per heavy atom. The Balaban J connectivity index is 1.71. The van der Waals surface area contributed by atoms with E-state index in [0.717, 1.165) is 11.1 Å². The van der Waals surface area contributed by atoms with Crippen LogP contribution < -0.4 is 4.72 Å². The van der Waals surface area contributed by atoms with Crippen molar-refractivity contribution in [3.05, 3.63) is 64.4 Å². The molecule has 1 N–H and O–H groups in total. The van der Waals surface area contributed by atoms with E-state index >= 15 is 0 Å². The van der Waals surface area contributed by atoms with Crippen LogP contribution in [0.4, 0.5) is 0 Å². The van der Waals surface area contributed by atoms with Crippen LogP contribution in [0.1, 0.15) is 22.2 Å². The van der Waals surface area contributed by atoms with Crippen LogP contribution in [0.15, 0.2) is 53.9 Å². The summed E-state index contributed by atoms with van der Waals surface area (Å²) in [5.41, 5.74) is 2.98. The average Bonchev–Trinajstić information content (AvgIpc) is 2.92. The van der Waals surface area contributed by atoms with Crippen LogP contribution in [0.2, 0.25) is 0 Å². The largest absolute Gasteiger partial charge is 0.244 e. The lowest BCUT2D eigenvalue weighted by Crippen LogP contribution is -2.33. The average molecular weight is 388 g/mol. The molecule has 0 aliphatic heterocycles. The predicted molar refractivity (Wildman–Crippen MR) is 105 cm³/mol. The maximum atomic E-state index is 12.6. The molecule has 0 aliphatic rings. The SMILES string of the molecule is Cc1cc(CC(C)NS(=O)(=O)c2ccc(-c3cncnc3)cc2)sc1C. The summed E-state index contributed by atoms with van der Waals surface area (Å²) < 4.78 is 28.0. The number of aromatic nitrogens is 2. The Morgan fingerprint density at radius 1 is 1.08 bits per heavy atom. The van der Waals surface area contributed by atoms with Gasteiger partial charge in [0.1, 0.15) is 6.33 Å². The van der Waals surface area contributed by atoms with Crippen molar-refractivity contribution in [3.63, 3.8) is 0 Å². The summed E-state index contributed by atoms with van der Waals surface area (Å²) in [6.45, 7) is 6.04. The molecule has 0 saturated carbocycles. The van der Waals surface area contributed by atoms with Gasteiger partial charge in [-0.25, -0.2) is 23.1 Å². The second-order valence-electron chi connectivity index (χ2n) is 6.33. The van der Waals surface area contributed by atoms with Gasteiger partial charge in [-0.2, -0.15) is 0 Å². The molecule has 0 bridgehead atoms. The first-order chi connectivity index (χ1) is 12.3.